The predicted molar refractivity (Wildman–Crippen MR) is 89.3 cm³/mol. The highest BCUT2D eigenvalue weighted by molar-refractivity contribution is 9.10. The summed E-state index contributed by atoms with van der Waals surface area (Å²) in [7, 11) is 1.34. The van der Waals surface area contributed by atoms with E-state index < -0.39 is 17.8 Å². The van der Waals surface area contributed by atoms with Crippen LogP contribution in [0.25, 0.3) is 0 Å². The van der Waals surface area contributed by atoms with E-state index in [2.05, 4.69) is 15.9 Å². The highest BCUT2D eigenvalue weighted by Crippen LogP contribution is 2.53. The van der Waals surface area contributed by atoms with E-state index >= 15 is 0 Å². The van der Waals surface area contributed by atoms with Crippen LogP contribution in [-0.2, 0) is 19.1 Å². The van der Waals surface area contributed by atoms with Crippen molar-refractivity contribution in [2.24, 2.45) is 23.7 Å². The van der Waals surface area contributed by atoms with Crippen LogP contribution in [0.4, 0.5) is 0 Å². The summed E-state index contributed by atoms with van der Waals surface area (Å²) in [5, 5.41) is 0. The van der Waals surface area contributed by atoms with Crippen molar-refractivity contribution in [1.29, 1.82) is 0 Å². The number of hydrogen-bond acceptors (Lipinski definition) is 5. The smallest absolute Gasteiger partial charge is 0.310 e. The maximum Gasteiger partial charge on any atom is 0.310 e. The van der Waals surface area contributed by atoms with Crippen molar-refractivity contribution in [2.45, 2.75) is 19.3 Å². The molecule has 5 nitrogen and oxygen atoms in total. The van der Waals surface area contributed by atoms with Crippen LogP contribution in [0.2, 0.25) is 0 Å². The summed E-state index contributed by atoms with van der Waals surface area (Å²) < 4.78 is 11.0. The highest BCUT2D eigenvalue weighted by atomic mass is 79.9. The third-order valence-electron chi connectivity index (χ3n) is 5.17. The Bertz CT molecular complexity index is 654. The topological polar surface area (TPSA) is 69.7 Å². The van der Waals surface area contributed by atoms with E-state index in [1.54, 1.807) is 24.3 Å². The van der Waals surface area contributed by atoms with E-state index in [-0.39, 0.29) is 30.2 Å². The molecule has 0 aromatic heterocycles. The van der Waals surface area contributed by atoms with Gasteiger partial charge in [0, 0.05) is 10.0 Å². The molecule has 0 heterocycles. The molecule has 2 saturated carbocycles. The first-order valence-electron chi connectivity index (χ1n) is 8.04. The molecule has 2 bridgehead atoms. The molecule has 0 amide bonds. The van der Waals surface area contributed by atoms with Crippen LogP contribution in [0.15, 0.2) is 28.7 Å². The second-order valence-electron chi connectivity index (χ2n) is 6.45. The molecule has 128 valence electrons. The fraction of sp³-hybridized carbons (Fsp3) is 0.500. The van der Waals surface area contributed by atoms with Crippen molar-refractivity contribution in [3.63, 3.8) is 0 Å². The molecule has 0 unspecified atom stereocenters. The summed E-state index contributed by atoms with van der Waals surface area (Å²) in [5.74, 6) is -1.60. The number of rotatable bonds is 5. The molecule has 6 heteroatoms. The summed E-state index contributed by atoms with van der Waals surface area (Å²) in [6, 6.07) is 6.88. The number of benzene rings is 1. The van der Waals surface area contributed by atoms with Gasteiger partial charge in [0.15, 0.2) is 12.4 Å². The molecule has 2 aliphatic rings. The quantitative estimate of drug-likeness (QED) is 0.566. The van der Waals surface area contributed by atoms with Crippen molar-refractivity contribution in [3.8, 4) is 0 Å². The predicted octanol–water partition coefficient (Wildman–Crippen LogP) is 3.01. The van der Waals surface area contributed by atoms with Crippen LogP contribution < -0.4 is 0 Å². The van der Waals surface area contributed by atoms with Crippen LogP contribution in [-0.4, -0.2) is 31.4 Å². The number of carbonyl (C=O) groups is 3. The fourth-order valence-corrected chi connectivity index (χ4v) is 4.32. The van der Waals surface area contributed by atoms with Crippen LogP contribution >= 0.6 is 15.9 Å². The van der Waals surface area contributed by atoms with Gasteiger partial charge in [-0.15, -0.1) is 0 Å². The Hall–Kier alpha value is -1.69. The number of ketones is 1. The van der Waals surface area contributed by atoms with Crippen molar-refractivity contribution < 1.29 is 23.9 Å². The lowest BCUT2D eigenvalue weighted by Gasteiger charge is -2.27. The second kappa shape index (κ2) is 7.05. The minimum absolute atomic E-state index is 0.161. The monoisotopic (exact) mass is 394 g/mol. The summed E-state index contributed by atoms with van der Waals surface area (Å²) in [4.78, 5) is 36.6. The molecule has 0 aliphatic heterocycles. The largest absolute Gasteiger partial charge is 0.469 e. The van der Waals surface area contributed by atoms with Gasteiger partial charge in [0.25, 0.3) is 0 Å². The summed E-state index contributed by atoms with van der Waals surface area (Å²) >= 11 is 3.31. The number of methoxy groups -OCH3 is 1. The molecule has 4 atom stereocenters. The molecule has 3 rings (SSSR count). The van der Waals surface area contributed by atoms with Gasteiger partial charge in [-0.25, -0.2) is 0 Å². The fourth-order valence-electron chi connectivity index (χ4n) is 4.06. The van der Waals surface area contributed by atoms with E-state index in [1.807, 2.05) is 0 Å². The zero-order valence-corrected chi connectivity index (χ0v) is 15.0. The van der Waals surface area contributed by atoms with Gasteiger partial charge in [-0.1, -0.05) is 28.1 Å². The summed E-state index contributed by atoms with van der Waals surface area (Å²) in [6.07, 6.45) is 2.74. The van der Waals surface area contributed by atoms with Gasteiger partial charge < -0.3 is 9.47 Å². The van der Waals surface area contributed by atoms with Crippen LogP contribution in [0.5, 0.6) is 0 Å². The lowest BCUT2D eigenvalue weighted by Crippen LogP contribution is -2.37. The van der Waals surface area contributed by atoms with Crippen LogP contribution in [0, 0.1) is 23.7 Å². The van der Waals surface area contributed by atoms with Crippen molar-refractivity contribution >= 4 is 33.7 Å². The second-order valence-corrected chi connectivity index (χ2v) is 7.36. The molecule has 24 heavy (non-hydrogen) atoms. The van der Waals surface area contributed by atoms with Crippen LogP contribution in [0.1, 0.15) is 29.6 Å². The molecule has 2 aliphatic carbocycles. The van der Waals surface area contributed by atoms with Gasteiger partial charge in [0.1, 0.15) is 0 Å². The standard InChI is InChI=1S/C18H19BrO5/c1-23-17(21)15-11-2-3-12(8-11)16(15)18(22)24-9-14(20)10-4-6-13(19)7-5-10/h4-7,11-12,15-16H,2-3,8-9H2,1H3/t11-,12-,15+,16+/m1/s1. The van der Waals surface area contributed by atoms with Gasteiger partial charge in [-0.3, -0.25) is 14.4 Å². The summed E-state index contributed by atoms with van der Waals surface area (Å²) in [5.41, 5.74) is 0.489. The molecule has 0 spiro atoms. The minimum Gasteiger partial charge on any atom is -0.469 e. The lowest BCUT2D eigenvalue weighted by molar-refractivity contribution is -0.161. The normalized spacial score (nSPS) is 27.8. The average molecular weight is 395 g/mol. The van der Waals surface area contributed by atoms with Crippen molar-refractivity contribution in [2.75, 3.05) is 13.7 Å². The SMILES string of the molecule is COC(=O)[C@H]1[C@@H]2CC[C@H](C2)[C@@H]1C(=O)OCC(=O)c1ccc(Br)cc1. The Balaban J connectivity index is 1.63. The minimum atomic E-state index is -0.478. The number of ether oxygens (including phenoxy) is 2. The number of esters is 2. The van der Waals surface area contributed by atoms with Gasteiger partial charge in [-0.05, 0) is 43.2 Å². The molecular formula is C18H19BrO5. The van der Waals surface area contributed by atoms with Gasteiger partial charge in [0.05, 0.1) is 18.9 Å². The Morgan fingerprint density at radius 1 is 1.04 bits per heavy atom. The molecule has 0 radical (unpaired) electrons. The van der Waals surface area contributed by atoms with E-state index in [4.69, 9.17) is 9.47 Å². The zero-order valence-electron chi connectivity index (χ0n) is 13.4. The van der Waals surface area contributed by atoms with Gasteiger partial charge in [0.2, 0.25) is 0 Å². The van der Waals surface area contributed by atoms with Gasteiger partial charge in [-0.2, -0.15) is 0 Å². The Kier molecular flexibility index (Phi) is 5.04. The molecule has 0 saturated heterocycles. The third kappa shape index (κ3) is 3.24. The Morgan fingerprint density at radius 2 is 1.62 bits per heavy atom. The Morgan fingerprint density at radius 3 is 2.21 bits per heavy atom. The van der Waals surface area contributed by atoms with E-state index in [9.17, 15) is 14.4 Å². The number of hydrogen-bond donors (Lipinski definition) is 0. The van der Waals surface area contributed by atoms with Crippen molar-refractivity contribution in [1.82, 2.24) is 0 Å². The average Bonchev–Trinajstić information content (AvgIpc) is 3.20. The van der Waals surface area contributed by atoms with E-state index in [1.165, 1.54) is 7.11 Å². The maximum atomic E-state index is 12.5. The third-order valence-corrected chi connectivity index (χ3v) is 5.70. The van der Waals surface area contributed by atoms with E-state index in [0.717, 1.165) is 23.7 Å². The zero-order chi connectivity index (χ0) is 17.3. The maximum absolute atomic E-state index is 12.5. The first-order valence-corrected chi connectivity index (χ1v) is 8.83. The molecule has 0 N–H and O–H groups in total. The van der Waals surface area contributed by atoms with Crippen molar-refractivity contribution in [3.05, 3.63) is 34.3 Å². The summed E-state index contributed by atoms with van der Waals surface area (Å²) in [6.45, 7) is -0.303. The molecule has 1 aromatic rings. The van der Waals surface area contributed by atoms with Crippen LogP contribution in [0.3, 0.4) is 0 Å². The number of carbonyl (C=O) groups excluding carboxylic acids is 3. The molecule has 2 fully saturated rings. The molecule has 1 aromatic carbocycles. The van der Waals surface area contributed by atoms with Gasteiger partial charge >= 0.3 is 11.9 Å². The number of fused-ring (bicyclic) bond motifs is 2. The first kappa shape index (κ1) is 17.1. The van der Waals surface area contributed by atoms with E-state index in [0.29, 0.717) is 5.56 Å². The highest BCUT2D eigenvalue weighted by Gasteiger charge is 2.55. The first-order chi connectivity index (χ1) is 11.5. The number of Topliss-reactive ketones (excluding diaryl/α,β-unsaturated/α-hetero) is 1. The molecular weight excluding hydrogens is 376 g/mol. The lowest BCUT2D eigenvalue weighted by atomic mass is 9.79. The Labute approximate surface area is 148 Å². The number of halogens is 1.